The lowest BCUT2D eigenvalue weighted by Gasteiger charge is -2.39. The molecule has 0 N–H and O–H groups in total. The molecule has 1 aromatic carbocycles. The summed E-state index contributed by atoms with van der Waals surface area (Å²) in [7, 11) is 1.68. The Kier molecular flexibility index (Phi) is 7.45. The number of fused-ring (bicyclic) bond motifs is 1. The smallest absolute Gasteiger partial charge is 0.312 e. The molecule has 0 bridgehead atoms. The standard InChI is InChI=1S/C23H32N2O4/c1-4-28-20-8-9-21-18(16-20)6-7-19(24-21)17-25-13-10-23(11-14-25,12-15-27-3)22(26)29-5-2/h6-9,16H,4-5,10-15,17H2,1-3H3. The summed E-state index contributed by atoms with van der Waals surface area (Å²) in [5.41, 5.74) is 1.60. The molecule has 2 aromatic rings. The van der Waals surface area contributed by atoms with E-state index in [9.17, 15) is 4.79 Å². The van der Waals surface area contributed by atoms with E-state index in [2.05, 4.69) is 17.0 Å². The number of ether oxygens (including phenoxy) is 3. The molecule has 0 saturated carbocycles. The van der Waals surface area contributed by atoms with Crippen LogP contribution in [-0.4, -0.2) is 55.9 Å². The van der Waals surface area contributed by atoms with Gasteiger partial charge in [0.25, 0.3) is 0 Å². The molecular formula is C23H32N2O4. The fourth-order valence-corrected chi connectivity index (χ4v) is 4.00. The molecule has 0 amide bonds. The van der Waals surface area contributed by atoms with Gasteiger partial charge in [0.15, 0.2) is 0 Å². The topological polar surface area (TPSA) is 60.9 Å². The van der Waals surface area contributed by atoms with Crippen LogP contribution in [0.2, 0.25) is 0 Å². The second-order valence-electron chi connectivity index (χ2n) is 7.61. The van der Waals surface area contributed by atoms with Gasteiger partial charge in [-0.25, -0.2) is 0 Å². The third kappa shape index (κ3) is 5.25. The first-order chi connectivity index (χ1) is 14.1. The van der Waals surface area contributed by atoms with Crippen LogP contribution in [0.4, 0.5) is 0 Å². The Labute approximate surface area is 173 Å². The molecular weight excluding hydrogens is 368 g/mol. The zero-order valence-corrected chi connectivity index (χ0v) is 17.8. The van der Waals surface area contributed by atoms with E-state index in [1.165, 1.54) is 0 Å². The van der Waals surface area contributed by atoms with Crippen LogP contribution >= 0.6 is 0 Å². The number of methoxy groups -OCH3 is 1. The van der Waals surface area contributed by atoms with Crippen molar-refractivity contribution in [1.82, 2.24) is 9.88 Å². The van der Waals surface area contributed by atoms with E-state index in [4.69, 9.17) is 19.2 Å². The van der Waals surface area contributed by atoms with Crippen molar-refractivity contribution in [2.75, 3.05) is 40.0 Å². The quantitative estimate of drug-likeness (QED) is 0.597. The van der Waals surface area contributed by atoms with Crippen LogP contribution in [0.3, 0.4) is 0 Å². The maximum Gasteiger partial charge on any atom is 0.312 e. The Morgan fingerprint density at radius 2 is 1.93 bits per heavy atom. The minimum absolute atomic E-state index is 0.0781. The summed E-state index contributed by atoms with van der Waals surface area (Å²) in [5.74, 6) is 0.794. The Morgan fingerprint density at radius 1 is 1.14 bits per heavy atom. The number of hydrogen-bond donors (Lipinski definition) is 0. The van der Waals surface area contributed by atoms with Crippen LogP contribution in [0.15, 0.2) is 30.3 Å². The zero-order chi connectivity index (χ0) is 20.7. The van der Waals surface area contributed by atoms with Gasteiger partial charge in [0.1, 0.15) is 5.75 Å². The highest BCUT2D eigenvalue weighted by atomic mass is 16.5. The van der Waals surface area contributed by atoms with Crippen molar-refractivity contribution in [3.63, 3.8) is 0 Å². The van der Waals surface area contributed by atoms with Gasteiger partial charge in [-0.05, 0) is 70.5 Å². The fraction of sp³-hybridized carbons (Fsp3) is 0.565. The van der Waals surface area contributed by atoms with Crippen LogP contribution in [0.1, 0.15) is 38.8 Å². The van der Waals surface area contributed by atoms with Crippen molar-refractivity contribution in [3.05, 3.63) is 36.0 Å². The van der Waals surface area contributed by atoms with Crippen LogP contribution < -0.4 is 4.74 Å². The van der Waals surface area contributed by atoms with Gasteiger partial charge in [-0.3, -0.25) is 14.7 Å². The van der Waals surface area contributed by atoms with Crippen LogP contribution in [0.5, 0.6) is 5.75 Å². The average molecular weight is 401 g/mol. The number of likely N-dealkylation sites (tertiary alicyclic amines) is 1. The van der Waals surface area contributed by atoms with Crippen molar-refractivity contribution in [2.45, 2.75) is 39.7 Å². The van der Waals surface area contributed by atoms with Gasteiger partial charge >= 0.3 is 5.97 Å². The number of rotatable bonds is 9. The van der Waals surface area contributed by atoms with E-state index >= 15 is 0 Å². The first-order valence-corrected chi connectivity index (χ1v) is 10.5. The molecule has 1 aliphatic rings. The summed E-state index contributed by atoms with van der Waals surface area (Å²) < 4.78 is 16.2. The predicted molar refractivity (Wildman–Crippen MR) is 113 cm³/mol. The van der Waals surface area contributed by atoms with E-state index in [1.807, 2.05) is 32.0 Å². The number of aromatic nitrogens is 1. The molecule has 1 aliphatic heterocycles. The Balaban J connectivity index is 1.64. The largest absolute Gasteiger partial charge is 0.494 e. The molecule has 158 valence electrons. The van der Waals surface area contributed by atoms with Crippen molar-refractivity contribution in [2.24, 2.45) is 5.41 Å². The molecule has 6 heteroatoms. The molecule has 0 aliphatic carbocycles. The third-order valence-electron chi connectivity index (χ3n) is 5.72. The van der Waals surface area contributed by atoms with E-state index in [0.29, 0.717) is 26.2 Å². The maximum atomic E-state index is 12.6. The summed E-state index contributed by atoms with van der Waals surface area (Å²) in [6, 6.07) is 10.2. The summed E-state index contributed by atoms with van der Waals surface area (Å²) in [4.78, 5) is 19.8. The van der Waals surface area contributed by atoms with Gasteiger partial charge in [-0.15, -0.1) is 0 Å². The number of benzene rings is 1. The van der Waals surface area contributed by atoms with Crippen molar-refractivity contribution in [1.29, 1.82) is 0 Å². The lowest BCUT2D eigenvalue weighted by molar-refractivity contribution is -0.160. The minimum atomic E-state index is -0.422. The van der Waals surface area contributed by atoms with Gasteiger partial charge in [0, 0.05) is 25.6 Å². The van der Waals surface area contributed by atoms with Gasteiger partial charge in [-0.2, -0.15) is 0 Å². The summed E-state index contributed by atoms with van der Waals surface area (Å²) in [6.45, 7) is 7.99. The SMILES string of the molecule is CCOC(=O)C1(CCOC)CCN(Cc2ccc3cc(OCC)ccc3n2)CC1. The summed E-state index contributed by atoms with van der Waals surface area (Å²) >= 11 is 0. The highest BCUT2D eigenvalue weighted by molar-refractivity contribution is 5.80. The summed E-state index contributed by atoms with van der Waals surface area (Å²) in [6.07, 6.45) is 2.30. The van der Waals surface area contributed by atoms with E-state index in [-0.39, 0.29) is 5.97 Å². The first-order valence-electron chi connectivity index (χ1n) is 10.5. The molecule has 0 spiro atoms. The Bertz CT molecular complexity index is 816. The van der Waals surface area contributed by atoms with Gasteiger partial charge in [0.05, 0.1) is 29.8 Å². The second-order valence-corrected chi connectivity index (χ2v) is 7.61. The normalized spacial score (nSPS) is 16.7. The average Bonchev–Trinajstić information content (AvgIpc) is 2.74. The monoisotopic (exact) mass is 400 g/mol. The number of carbonyl (C=O) groups excluding carboxylic acids is 1. The van der Waals surface area contributed by atoms with Gasteiger partial charge < -0.3 is 14.2 Å². The van der Waals surface area contributed by atoms with Crippen molar-refractivity contribution in [3.8, 4) is 5.75 Å². The van der Waals surface area contributed by atoms with E-state index in [0.717, 1.165) is 54.8 Å². The van der Waals surface area contributed by atoms with Crippen LogP contribution in [-0.2, 0) is 20.8 Å². The second kappa shape index (κ2) is 10.0. The maximum absolute atomic E-state index is 12.6. The molecule has 1 fully saturated rings. The molecule has 1 saturated heterocycles. The molecule has 2 heterocycles. The molecule has 1 aromatic heterocycles. The van der Waals surface area contributed by atoms with E-state index < -0.39 is 5.41 Å². The third-order valence-corrected chi connectivity index (χ3v) is 5.72. The Morgan fingerprint density at radius 3 is 2.62 bits per heavy atom. The molecule has 0 atom stereocenters. The van der Waals surface area contributed by atoms with Crippen LogP contribution in [0.25, 0.3) is 10.9 Å². The number of carbonyl (C=O) groups is 1. The highest BCUT2D eigenvalue weighted by Crippen LogP contribution is 2.37. The summed E-state index contributed by atoms with van der Waals surface area (Å²) in [5, 5.41) is 1.08. The van der Waals surface area contributed by atoms with Crippen molar-refractivity contribution < 1.29 is 19.0 Å². The fourth-order valence-electron chi connectivity index (χ4n) is 4.00. The minimum Gasteiger partial charge on any atom is -0.494 e. The van der Waals surface area contributed by atoms with Gasteiger partial charge in [0.2, 0.25) is 0 Å². The van der Waals surface area contributed by atoms with Crippen LogP contribution in [0, 0.1) is 5.41 Å². The molecule has 0 unspecified atom stereocenters. The lowest BCUT2D eigenvalue weighted by atomic mass is 9.75. The number of nitrogens with zero attached hydrogens (tertiary/aromatic N) is 2. The highest BCUT2D eigenvalue weighted by Gasteiger charge is 2.42. The molecule has 6 nitrogen and oxygen atoms in total. The van der Waals surface area contributed by atoms with E-state index in [1.54, 1.807) is 7.11 Å². The predicted octanol–water partition coefficient (Wildman–Crippen LogP) is 3.82. The lowest BCUT2D eigenvalue weighted by Crippen LogP contribution is -2.45. The first kappa shape index (κ1) is 21.5. The number of esters is 1. The Hall–Kier alpha value is -2.18. The molecule has 3 rings (SSSR count). The molecule has 29 heavy (non-hydrogen) atoms. The zero-order valence-electron chi connectivity index (χ0n) is 17.8. The molecule has 0 radical (unpaired) electrons. The number of hydrogen-bond acceptors (Lipinski definition) is 6. The number of piperidine rings is 1. The number of pyridine rings is 1. The van der Waals surface area contributed by atoms with Crippen molar-refractivity contribution >= 4 is 16.9 Å². The van der Waals surface area contributed by atoms with Gasteiger partial charge in [-0.1, -0.05) is 6.07 Å².